The minimum Gasteiger partial charge on any atom is -0.0888 e. The predicted octanol–water partition coefficient (Wildman–Crippen LogP) is 8.21. The van der Waals surface area contributed by atoms with Gasteiger partial charge in [-0.25, -0.2) is 0 Å². The summed E-state index contributed by atoms with van der Waals surface area (Å²) in [6, 6.07) is 35.9. The topological polar surface area (TPSA) is 0 Å². The number of fused-ring (bicyclic) bond motifs is 5. The van der Waals surface area contributed by atoms with E-state index in [1.54, 1.807) is 0 Å². The van der Waals surface area contributed by atoms with E-state index in [0.29, 0.717) is 0 Å². The molecule has 0 saturated carbocycles. The van der Waals surface area contributed by atoms with Crippen molar-refractivity contribution >= 4 is 22.5 Å². The van der Waals surface area contributed by atoms with Gasteiger partial charge < -0.3 is 0 Å². The lowest BCUT2D eigenvalue weighted by Gasteiger charge is -2.21. The number of hydrogen-bond acceptors (Lipinski definition) is 1. The maximum atomic E-state index is 2.45. The molecule has 0 N–H and O–H groups in total. The van der Waals surface area contributed by atoms with Crippen molar-refractivity contribution in [1.29, 1.82) is 0 Å². The Morgan fingerprint density at radius 3 is 2.23 bits per heavy atom. The minimum atomic E-state index is 1.03. The molecule has 1 heterocycles. The van der Waals surface area contributed by atoms with E-state index in [2.05, 4.69) is 97.1 Å². The van der Waals surface area contributed by atoms with Crippen LogP contribution in [-0.2, 0) is 6.42 Å². The predicted molar refractivity (Wildman–Crippen MR) is 127 cm³/mol. The quantitative estimate of drug-likeness (QED) is 0.268. The van der Waals surface area contributed by atoms with Crippen molar-refractivity contribution in [3.05, 3.63) is 108 Å². The van der Waals surface area contributed by atoms with Crippen LogP contribution in [0.15, 0.2) is 107 Å². The fraction of sp³-hybridized carbons (Fsp3) is 0.0345. The fourth-order valence-corrected chi connectivity index (χ4v) is 6.24. The van der Waals surface area contributed by atoms with Gasteiger partial charge in [-0.2, -0.15) is 0 Å². The summed E-state index contributed by atoms with van der Waals surface area (Å²) in [5, 5.41) is 2.73. The van der Waals surface area contributed by atoms with E-state index in [1.165, 1.54) is 65.1 Å². The van der Waals surface area contributed by atoms with Crippen LogP contribution in [0.2, 0.25) is 0 Å². The second kappa shape index (κ2) is 6.10. The molecule has 1 aliphatic carbocycles. The molecule has 0 amide bonds. The Kier molecular flexibility index (Phi) is 3.36. The van der Waals surface area contributed by atoms with Gasteiger partial charge in [0.2, 0.25) is 0 Å². The summed E-state index contributed by atoms with van der Waals surface area (Å²) >= 11 is 1.92. The zero-order chi connectivity index (χ0) is 19.7. The monoisotopic (exact) mass is 398 g/mol. The van der Waals surface area contributed by atoms with Crippen molar-refractivity contribution in [3.8, 4) is 33.4 Å². The van der Waals surface area contributed by atoms with E-state index < -0.39 is 0 Å². The third kappa shape index (κ3) is 2.30. The molecule has 2 aliphatic rings. The number of hydrogen-bond donors (Lipinski definition) is 0. The van der Waals surface area contributed by atoms with Gasteiger partial charge in [-0.05, 0) is 80.6 Å². The molecule has 0 aromatic heterocycles. The highest BCUT2D eigenvalue weighted by atomic mass is 32.2. The van der Waals surface area contributed by atoms with Crippen LogP contribution in [0, 0.1) is 0 Å². The Labute approximate surface area is 180 Å². The van der Waals surface area contributed by atoms with Crippen LogP contribution in [-0.4, -0.2) is 0 Å². The highest BCUT2D eigenvalue weighted by molar-refractivity contribution is 7.99. The molecule has 0 nitrogen and oxygen atoms in total. The van der Waals surface area contributed by atoms with Crippen LogP contribution >= 0.6 is 11.8 Å². The summed E-state index contributed by atoms with van der Waals surface area (Å²) in [7, 11) is 0. The Bertz CT molecular complexity index is 1470. The molecular formula is C29H18S. The molecule has 5 aromatic rings. The van der Waals surface area contributed by atoms with Crippen LogP contribution in [0.5, 0.6) is 0 Å². The molecule has 30 heavy (non-hydrogen) atoms. The summed E-state index contributed by atoms with van der Waals surface area (Å²) in [4.78, 5) is 2.76. The SMILES string of the molecule is c1ccc(-c2ccc3c(c2)-c2cc4c(cc2C3)Sc2cccc3cccc-4c23)cc1. The first-order chi connectivity index (χ1) is 14.8. The van der Waals surface area contributed by atoms with Gasteiger partial charge in [0.25, 0.3) is 0 Å². The van der Waals surface area contributed by atoms with E-state index in [1.807, 2.05) is 11.8 Å². The zero-order valence-electron chi connectivity index (χ0n) is 16.4. The van der Waals surface area contributed by atoms with Crippen LogP contribution in [0.25, 0.3) is 44.2 Å². The maximum Gasteiger partial charge on any atom is 0.0207 e. The normalized spacial score (nSPS) is 13.1. The molecule has 0 spiro atoms. The summed E-state index contributed by atoms with van der Waals surface area (Å²) in [6.07, 6.45) is 1.03. The number of rotatable bonds is 1. The second-order valence-electron chi connectivity index (χ2n) is 8.18. The smallest absolute Gasteiger partial charge is 0.0207 e. The van der Waals surface area contributed by atoms with Crippen LogP contribution < -0.4 is 0 Å². The molecule has 0 bridgehead atoms. The van der Waals surface area contributed by atoms with Gasteiger partial charge in [-0.1, -0.05) is 84.6 Å². The van der Waals surface area contributed by atoms with Crippen molar-refractivity contribution in [2.75, 3.05) is 0 Å². The molecule has 0 radical (unpaired) electrons. The van der Waals surface area contributed by atoms with Crippen molar-refractivity contribution in [2.24, 2.45) is 0 Å². The van der Waals surface area contributed by atoms with Crippen LogP contribution in [0.1, 0.15) is 11.1 Å². The van der Waals surface area contributed by atoms with Gasteiger partial charge in [0.1, 0.15) is 0 Å². The summed E-state index contributed by atoms with van der Waals surface area (Å²) in [5.41, 5.74) is 11.0. The van der Waals surface area contributed by atoms with Gasteiger partial charge in [0.15, 0.2) is 0 Å². The van der Waals surface area contributed by atoms with E-state index in [4.69, 9.17) is 0 Å². The Balaban J connectivity index is 1.45. The largest absolute Gasteiger partial charge is 0.0888 e. The lowest BCUT2D eigenvalue weighted by Crippen LogP contribution is -1.94. The maximum absolute atomic E-state index is 2.45. The number of benzene rings is 5. The second-order valence-corrected chi connectivity index (χ2v) is 9.27. The van der Waals surface area contributed by atoms with Crippen molar-refractivity contribution in [2.45, 2.75) is 16.2 Å². The molecule has 5 aromatic carbocycles. The lowest BCUT2D eigenvalue weighted by atomic mass is 9.93. The van der Waals surface area contributed by atoms with Gasteiger partial charge in [0, 0.05) is 15.2 Å². The summed E-state index contributed by atoms with van der Waals surface area (Å²) in [6.45, 7) is 0. The molecule has 0 atom stereocenters. The van der Waals surface area contributed by atoms with Crippen molar-refractivity contribution in [3.63, 3.8) is 0 Å². The van der Waals surface area contributed by atoms with E-state index in [9.17, 15) is 0 Å². The summed E-state index contributed by atoms with van der Waals surface area (Å²) in [5.74, 6) is 0. The van der Waals surface area contributed by atoms with Gasteiger partial charge in [-0.3, -0.25) is 0 Å². The molecule has 0 saturated heterocycles. The van der Waals surface area contributed by atoms with Gasteiger partial charge in [0.05, 0.1) is 0 Å². The van der Waals surface area contributed by atoms with E-state index in [-0.39, 0.29) is 0 Å². The van der Waals surface area contributed by atoms with Crippen LogP contribution in [0.3, 0.4) is 0 Å². The van der Waals surface area contributed by atoms with E-state index in [0.717, 1.165) is 6.42 Å². The average molecular weight is 399 g/mol. The molecule has 7 rings (SSSR count). The third-order valence-electron chi connectivity index (χ3n) is 6.47. The first kappa shape index (κ1) is 16.5. The Hall–Kier alpha value is -3.29. The zero-order valence-corrected chi connectivity index (χ0v) is 17.2. The fourth-order valence-electron chi connectivity index (χ4n) is 5.05. The van der Waals surface area contributed by atoms with Gasteiger partial charge >= 0.3 is 0 Å². The van der Waals surface area contributed by atoms with Gasteiger partial charge in [-0.15, -0.1) is 0 Å². The first-order valence-corrected chi connectivity index (χ1v) is 11.2. The molecule has 1 aliphatic heterocycles. The Morgan fingerprint density at radius 1 is 0.500 bits per heavy atom. The Morgan fingerprint density at radius 2 is 1.33 bits per heavy atom. The molecule has 1 heteroatoms. The van der Waals surface area contributed by atoms with E-state index >= 15 is 0 Å². The molecular weight excluding hydrogens is 380 g/mol. The highest BCUT2D eigenvalue weighted by Gasteiger charge is 2.25. The minimum absolute atomic E-state index is 1.03. The average Bonchev–Trinajstić information content (AvgIpc) is 3.15. The standard InChI is InChI=1S/C29H18S/c1-2-6-18(7-3-1)20-12-13-21-14-22-16-28-26(17-25(22)24(21)15-20)23-10-4-8-19-9-5-11-27(30-28)29(19)23/h1-13,15-17H,14H2. The summed E-state index contributed by atoms with van der Waals surface area (Å²) < 4.78 is 0. The highest BCUT2D eigenvalue weighted by Crippen LogP contribution is 2.51. The molecule has 0 unspecified atom stereocenters. The molecule has 140 valence electrons. The van der Waals surface area contributed by atoms with Crippen LogP contribution in [0.4, 0.5) is 0 Å². The van der Waals surface area contributed by atoms with Crippen molar-refractivity contribution < 1.29 is 0 Å². The van der Waals surface area contributed by atoms with Crippen molar-refractivity contribution in [1.82, 2.24) is 0 Å². The first-order valence-electron chi connectivity index (χ1n) is 10.4. The molecule has 0 fully saturated rings. The lowest BCUT2D eigenvalue weighted by molar-refractivity contribution is 1.23. The third-order valence-corrected chi connectivity index (χ3v) is 7.59.